The van der Waals surface area contributed by atoms with Crippen LogP contribution in [0.25, 0.3) is 0 Å². The second kappa shape index (κ2) is 8.64. The fourth-order valence-electron chi connectivity index (χ4n) is 3.72. The maximum absolute atomic E-state index is 13.4. The van der Waals surface area contributed by atoms with Crippen molar-refractivity contribution in [3.8, 4) is 6.07 Å². The highest BCUT2D eigenvalue weighted by molar-refractivity contribution is 7.89. The molecule has 1 aliphatic carbocycles. The highest BCUT2D eigenvalue weighted by atomic mass is 32.2. The molecule has 1 aromatic heterocycles. The lowest BCUT2D eigenvalue weighted by Gasteiger charge is -2.40. The van der Waals surface area contributed by atoms with Crippen molar-refractivity contribution in [2.24, 2.45) is 0 Å². The monoisotopic (exact) mass is 479 g/mol. The molecule has 1 atom stereocenters. The molecule has 2 aliphatic rings. The van der Waals surface area contributed by atoms with Crippen LogP contribution in [0.15, 0.2) is 47.6 Å². The van der Waals surface area contributed by atoms with Crippen molar-refractivity contribution >= 4 is 21.6 Å². The maximum Gasteiger partial charge on any atom is 0.417 e. The molecule has 0 radical (unpaired) electrons. The van der Waals surface area contributed by atoms with Crippen LogP contribution < -0.4 is 10.2 Å². The van der Waals surface area contributed by atoms with Crippen molar-refractivity contribution in [3.63, 3.8) is 0 Å². The predicted molar refractivity (Wildman–Crippen MR) is 111 cm³/mol. The number of carbonyl (C=O) groups excluding carboxylic acids is 1. The molecular weight excluding hydrogens is 459 g/mol. The number of hydrogen-bond donors (Lipinski definition) is 1. The molecule has 2 heterocycles. The van der Waals surface area contributed by atoms with E-state index in [0.717, 1.165) is 29.3 Å². The fourth-order valence-corrected chi connectivity index (χ4v) is 5.26. The number of sulfonamides is 1. The number of nitrogens with one attached hydrogen (secondary N) is 1. The molecule has 8 nitrogen and oxygen atoms in total. The number of aromatic nitrogens is 1. The summed E-state index contributed by atoms with van der Waals surface area (Å²) in [5.41, 5.74) is -1.43. The zero-order valence-electron chi connectivity index (χ0n) is 17.3. The fraction of sp³-hybridized carbons (Fsp3) is 0.381. The number of rotatable bonds is 5. The van der Waals surface area contributed by atoms with Crippen LogP contribution in [0.3, 0.4) is 0 Å². The average molecular weight is 479 g/mol. The van der Waals surface area contributed by atoms with Gasteiger partial charge in [-0.05, 0) is 43.2 Å². The van der Waals surface area contributed by atoms with Crippen LogP contribution in [0.1, 0.15) is 24.0 Å². The van der Waals surface area contributed by atoms with Crippen LogP contribution in [0, 0.1) is 11.3 Å². The molecule has 1 aliphatic heterocycles. The summed E-state index contributed by atoms with van der Waals surface area (Å²) in [6.07, 6.45) is -0.523. The molecule has 0 bridgehead atoms. The van der Waals surface area contributed by atoms with Crippen molar-refractivity contribution in [1.82, 2.24) is 14.6 Å². The van der Waals surface area contributed by atoms with Gasteiger partial charge in [0, 0.05) is 43.8 Å². The summed E-state index contributed by atoms with van der Waals surface area (Å²) in [4.78, 5) is 18.3. The normalized spacial score (nSPS) is 19.7. The van der Waals surface area contributed by atoms with Gasteiger partial charge in [-0.25, -0.2) is 8.42 Å². The van der Waals surface area contributed by atoms with Crippen molar-refractivity contribution in [3.05, 3.63) is 53.9 Å². The third kappa shape index (κ3) is 4.79. The van der Waals surface area contributed by atoms with E-state index in [1.807, 2.05) is 0 Å². The van der Waals surface area contributed by atoms with Gasteiger partial charge in [0.15, 0.2) is 0 Å². The van der Waals surface area contributed by atoms with Crippen molar-refractivity contribution < 1.29 is 26.4 Å². The van der Waals surface area contributed by atoms with E-state index < -0.39 is 39.3 Å². The summed E-state index contributed by atoms with van der Waals surface area (Å²) in [6.45, 7) is -0.182. The summed E-state index contributed by atoms with van der Waals surface area (Å²) in [6, 6.07) is 6.52. The lowest BCUT2D eigenvalue weighted by Crippen LogP contribution is -2.60. The van der Waals surface area contributed by atoms with E-state index in [9.17, 15) is 26.4 Å². The van der Waals surface area contributed by atoms with Gasteiger partial charge in [-0.3, -0.25) is 9.78 Å². The standard InChI is InChI=1S/C21H20F3N5O3S/c22-21(23,24)18-10-16(6-3-14(18)11-25)28-8-9-29(19(13-28)20(30)27-15-4-5-15)33(31,32)17-2-1-7-26-12-17/h1-3,6-7,10,12,15,19H,4-5,8-9,13H2,(H,27,30). The number of nitrogens with zero attached hydrogens (tertiary/aromatic N) is 4. The second-order valence-corrected chi connectivity index (χ2v) is 9.78. The molecule has 1 aromatic carbocycles. The molecule has 1 N–H and O–H groups in total. The number of anilines is 1. The van der Waals surface area contributed by atoms with E-state index in [1.165, 1.54) is 41.6 Å². The molecule has 1 amide bonds. The van der Waals surface area contributed by atoms with Crippen LogP contribution in [0.4, 0.5) is 18.9 Å². The van der Waals surface area contributed by atoms with E-state index >= 15 is 0 Å². The van der Waals surface area contributed by atoms with E-state index in [-0.39, 0.29) is 36.3 Å². The molecule has 1 saturated carbocycles. The molecule has 1 saturated heterocycles. The Morgan fingerprint density at radius 3 is 2.58 bits per heavy atom. The number of amides is 1. The van der Waals surface area contributed by atoms with Crippen LogP contribution in [-0.4, -0.2) is 55.3 Å². The van der Waals surface area contributed by atoms with Crippen LogP contribution in [0.5, 0.6) is 0 Å². The van der Waals surface area contributed by atoms with Crippen molar-refractivity contribution in [2.45, 2.75) is 36.0 Å². The number of pyridine rings is 1. The first-order valence-corrected chi connectivity index (χ1v) is 11.6. The smallest absolute Gasteiger partial charge is 0.368 e. The van der Waals surface area contributed by atoms with Gasteiger partial charge in [-0.1, -0.05) is 0 Å². The minimum Gasteiger partial charge on any atom is -0.368 e. The molecule has 2 aromatic rings. The Hall–Kier alpha value is -3.17. The largest absolute Gasteiger partial charge is 0.417 e. The zero-order chi connectivity index (χ0) is 23.8. The van der Waals surface area contributed by atoms with Gasteiger partial charge in [0.25, 0.3) is 0 Å². The van der Waals surface area contributed by atoms with Gasteiger partial charge in [-0.15, -0.1) is 0 Å². The summed E-state index contributed by atoms with van der Waals surface area (Å²) >= 11 is 0. The van der Waals surface area contributed by atoms with Crippen LogP contribution in [-0.2, 0) is 21.0 Å². The third-order valence-electron chi connectivity index (χ3n) is 5.59. The van der Waals surface area contributed by atoms with Gasteiger partial charge < -0.3 is 10.2 Å². The lowest BCUT2D eigenvalue weighted by molar-refractivity contribution is -0.137. The number of hydrogen-bond acceptors (Lipinski definition) is 6. The summed E-state index contributed by atoms with van der Waals surface area (Å²) in [5.74, 6) is -0.501. The van der Waals surface area contributed by atoms with E-state index in [1.54, 1.807) is 0 Å². The van der Waals surface area contributed by atoms with E-state index in [4.69, 9.17) is 5.26 Å². The minimum atomic E-state index is -4.73. The van der Waals surface area contributed by atoms with Gasteiger partial charge in [0.05, 0.1) is 17.2 Å². The van der Waals surface area contributed by atoms with Crippen LogP contribution in [0.2, 0.25) is 0 Å². The molecule has 2 fully saturated rings. The molecular formula is C21H20F3N5O3S. The Morgan fingerprint density at radius 2 is 1.97 bits per heavy atom. The predicted octanol–water partition coefficient (Wildman–Crippen LogP) is 2.13. The molecule has 174 valence electrons. The molecule has 33 heavy (non-hydrogen) atoms. The summed E-state index contributed by atoms with van der Waals surface area (Å²) in [5, 5.41) is 11.8. The van der Waals surface area contributed by atoms with Gasteiger partial charge in [0.2, 0.25) is 15.9 Å². The molecule has 0 spiro atoms. The first-order chi connectivity index (χ1) is 15.6. The molecule has 4 rings (SSSR count). The highest BCUT2D eigenvalue weighted by Crippen LogP contribution is 2.35. The Bertz CT molecular complexity index is 1190. The van der Waals surface area contributed by atoms with E-state index in [2.05, 4.69) is 10.3 Å². The Balaban J connectivity index is 1.66. The number of halogens is 3. The third-order valence-corrected chi connectivity index (χ3v) is 7.48. The minimum absolute atomic E-state index is 0.0254. The first-order valence-electron chi connectivity index (χ1n) is 10.2. The van der Waals surface area contributed by atoms with Crippen LogP contribution >= 0.6 is 0 Å². The Kier molecular flexibility index (Phi) is 6.02. The van der Waals surface area contributed by atoms with E-state index in [0.29, 0.717) is 0 Å². The Labute approximate surface area is 188 Å². The number of alkyl halides is 3. The number of nitriles is 1. The number of piperazine rings is 1. The molecule has 1 unspecified atom stereocenters. The van der Waals surface area contributed by atoms with Gasteiger partial charge >= 0.3 is 6.18 Å². The Morgan fingerprint density at radius 1 is 1.21 bits per heavy atom. The first kappa shape index (κ1) is 23.0. The lowest BCUT2D eigenvalue weighted by atomic mass is 10.1. The zero-order valence-corrected chi connectivity index (χ0v) is 18.1. The van der Waals surface area contributed by atoms with Crippen molar-refractivity contribution in [1.29, 1.82) is 5.26 Å². The summed E-state index contributed by atoms with van der Waals surface area (Å²) < 4.78 is 67.8. The highest BCUT2D eigenvalue weighted by Gasteiger charge is 2.42. The SMILES string of the molecule is N#Cc1ccc(N2CCN(S(=O)(=O)c3cccnc3)C(C(=O)NC3CC3)C2)cc1C(F)(F)F. The number of benzene rings is 1. The van der Waals surface area contributed by atoms with Gasteiger partial charge in [-0.2, -0.15) is 22.7 Å². The topological polar surface area (TPSA) is 106 Å². The number of carbonyl (C=O) groups is 1. The quantitative estimate of drug-likeness (QED) is 0.704. The average Bonchev–Trinajstić information content (AvgIpc) is 3.62. The van der Waals surface area contributed by atoms with Crippen molar-refractivity contribution in [2.75, 3.05) is 24.5 Å². The maximum atomic E-state index is 13.4. The second-order valence-electron chi connectivity index (χ2n) is 7.89. The summed E-state index contributed by atoms with van der Waals surface area (Å²) in [7, 11) is -4.06. The molecule has 12 heteroatoms. The van der Waals surface area contributed by atoms with Gasteiger partial charge in [0.1, 0.15) is 10.9 Å².